The van der Waals surface area contributed by atoms with Gasteiger partial charge < -0.3 is 9.84 Å². The highest BCUT2D eigenvalue weighted by Gasteiger charge is 2.02. The predicted octanol–water partition coefficient (Wildman–Crippen LogP) is 4.34. The van der Waals surface area contributed by atoms with Crippen molar-refractivity contribution < 1.29 is 9.84 Å². The van der Waals surface area contributed by atoms with Gasteiger partial charge in [0, 0.05) is 11.1 Å². The maximum Gasteiger partial charge on any atom is 0.162 e. The molecule has 0 spiro atoms. The molecule has 3 aromatic rings. The van der Waals surface area contributed by atoms with Crippen LogP contribution in [0.15, 0.2) is 55.1 Å². The van der Waals surface area contributed by atoms with Gasteiger partial charge in [-0.1, -0.05) is 42.8 Å². The Kier molecular flexibility index (Phi) is 6.89. The van der Waals surface area contributed by atoms with Crippen LogP contribution in [0, 0.1) is 13.8 Å². The van der Waals surface area contributed by atoms with Crippen molar-refractivity contribution in [3.63, 3.8) is 0 Å². The van der Waals surface area contributed by atoms with Crippen LogP contribution >= 0.6 is 0 Å². The number of phenolic OH excluding ortho intramolecular Hbond substituents is 1. The molecule has 0 radical (unpaired) electrons. The second-order valence-electron chi connectivity index (χ2n) is 5.58. The molecule has 3 rings (SSSR count). The Balaban J connectivity index is 0.000000181. The fourth-order valence-corrected chi connectivity index (χ4v) is 2.06. The second-order valence-corrected chi connectivity index (χ2v) is 5.58. The van der Waals surface area contributed by atoms with E-state index >= 15 is 0 Å². The summed E-state index contributed by atoms with van der Waals surface area (Å²) in [6.07, 6.45) is 3.99. The van der Waals surface area contributed by atoms with Crippen molar-refractivity contribution in [1.82, 2.24) is 15.0 Å². The minimum Gasteiger partial charge on any atom is -0.508 e. The lowest BCUT2D eigenvalue weighted by Gasteiger charge is -2.08. The number of hydrogen-bond donors (Lipinski definition) is 1. The number of benzene rings is 2. The van der Waals surface area contributed by atoms with E-state index in [1.807, 2.05) is 37.3 Å². The lowest BCUT2D eigenvalue weighted by Crippen LogP contribution is -1.96. The molecule has 0 fully saturated rings. The minimum absolute atomic E-state index is 0.295. The average Bonchev–Trinajstić information content (AvgIpc) is 2.65. The van der Waals surface area contributed by atoms with Gasteiger partial charge in [-0.3, -0.25) is 0 Å². The van der Waals surface area contributed by atoms with Gasteiger partial charge in [0.2, 0.25) is 0 Å². The molecule has 1 heterocycles. The first-order chi connectivity index (χ1) is 12.1. The smallest absolute Gasteiger partial charge is 0.162 e. The third kappa shape index (κ3) is 5.57. The molecule has 0 amide bonds. The SMILES string of the molecule is CCCOc1cccc(O)c1C.Cc1ccc(-c2ncncn2)cc1. The van der Waals surface area contributed by atoms with Gasteiger partial charge in [0.05, 0.1) is 6.61 Å². The summed E-state index contributed by atoms with van der Waals surface area (Å²) in [4.78, 5) is 11.9. The monoisotopic (exact) mass is 337 g/mol. The number of aromatic hydroxyl groups is 1. The van der Waals surface area contributed by atoms with E-state index in [9.17, 15) is 5.11 Å². The highest BCUT2D eigenvalue weighted by Crippen LogP contribution is 2.25. The largest absolute Gasteiger partial charge is 0.508 e. The van der Waals surface area contributed by atoms with Gasteiger partial charge in [-0.05, 0) is 32.4 Å². The number of aromatic nitrogens is 3. The molecule has 0 aliphatic rings. The van der Waals surface area contributed by atoms with Gasteiger partial charge in [-0.25, -0.2) is 15.0 Å². The molecule has 0 unspecified atom stereocenters. The Morgan fingerprint density at radius 2 is 1.64 bits per heavy atom. The zero-order valence-electron chi connectivity index (χ0n) is 14.8. The molecule has 25 heavy (non-hydrogen) atoms. The zero-order valence-corrected chi connectivity index (χ0v) is 14.8. The highest BCUT2D eigenvalue weighted by molar-refractivity contribution is 5.54. The van der Waals surface area contributed by atoms with Crippen LogP contribution < -0.4 is 4.74 Å². The number of aryl methyl sites for hydroxylation is 1. The Morgan fingerprint density at radius 3 is 2.28 bits per heavy atom. The van der Waals surface area contributed by atoms with E-state index in [1.54, 1.807) is 12.1 Å². The van der Waals surface area contributed by atoms with E-state index in [0.717, 1.165) is 29.1 Å². The topological polar surface area (TPSA) is 68.1 Å². The second kappa shape index (κ2) is 9.37. The quantitative estimate of drug-likeness (QED) is 0.767. The van der Waals surface area contributed by atoms with E-state index in [0.29, 0.717) is 12.4 Å². The number of rotatable bonds is 4. The number of ether oxygens (including phenoxy) is 1. The first-order valence-electron chi connectivity index (χ1n) is 8.22. The lowest BCUT2D eigenvalue weighted by molar-refractivity contribution is 0.313. The molecular formula is C20H23N3O2. The van der Waals surface area contributed by atoms with Gasteiger partial charge in [-0.15, -0.1) is 0 Å². The first kappa shape index (κ1) is 18.4. The summed E-state index contributed by atoms with van der Waals surface area (Å²) in [6.45, 7) is 6.65. The standard InChI is InChI=1S/C10H9N3.C10H14O2/c1-8-2-4-9(5-3-8)10-12-6-11-7-13-10;1-3-7-12-10-6-4-5-9(11)8(10)2/h2-7H,1H3;4-6,11H,3,7H2,1-2H3. The highest BCUT2D eigenvalue weighted by atomic mass is 16.5. The Bertz CT molecular complexity index is 775. The van der Waals surface area contributed by atoms with Crippen molar-refractivity contribution in [2.75, 3.05) is 6.61 Å². The molecule has 1 aromatic heterocycles. The van der Waals surface area contributed by atoms with Gasteiger partial charge in [-0.2, -0.15) is 0 Å². The van der Waals surface area contributed by atoms with Crippen molar-refractivity contribution in [1.29, 1.82) is 0 Å². The molecule has 0 atom stereocenters. The lowest BCUT2D eigenvalue weighted by atomic mass is 10.1. The van der Waals surface area contributed by atoms with Crippen LogP contribution in [-0.4, -0.2) is 26.7 Å². The minimum atomic E-state index is 0.295. The Hall–Kier alpha value is -2.95. The summed E-state index contributed by atoms with van der Waals surface area (Å²) in [5, 5.41) is 9.32. The molecule has 0 bridgehead atoms. The molecule has 1 N–H and O–H groups in total. The van der Waals surface area contributed by atoms with E-state index in [-0.39, 0.29) is 0 Å². The van der Waals surface area contributed by atoms with Crippen LogP contribution in [0.3, 0.4) is 0 Å². The van der Waals surface area contributed by atoms with Crippen LogP contribution in [0.25, 0.3) is 11.4 Å². The van der Waals surface area contributed by atoms with E-state index < -0.39 is 0 Å². The third-order valence-electron chi connectivity index (χ3n) is 3.52. The van der Waals surface area contributed by atoms with Crippen molar-refractivity contribution in [2.24, 2.45) is 0 Å². The number of phenols is 1. The van der Waals surface area contributed by atoms with Crippen molar-refractivity contribution in [2.45, 2.75) is 27.2 Å². The maximum atomic E-state index is 9.32. The number of hydrogen-bond acceptors (Lipinski definition) is 5. The van der Waals surface area contributed by atoms with Gasteiger partial charge >= 0.3 is 0 Å². The zero-order chi connectivity index (χ0) is 18.1. The molecule has 0 aliphatic carbocycles. The molecule has 2 aromatic carbocycles. The molecular weight excluding hydrogens is 314 g/mol. The molecule has 0 aliphatic heterocycles. The van der Waals surface area contributed by atoms with Crippen LogP contribution in [0.4, 0.5) is 0 Å². The summed E-state index contributed by atoms with van der Waals surface area (Å²) in [5.74, 6) is 1.79. The first-order valence-corrected chi connectivity index (χ1v) is 8.22. The number of nitrogens with zero attached hydrogens (tertiary/aromatic N) is 3. The summed E-state index contributed by atoms with van der Waals surface area (Å²) in [7, 11) is 0. The van der Waals surface area contributed by atoms with Gasteiger partial charge in [0.15, 0.2) is 5.82 Å². The molecule has 5 nitrogen and oxygen atoms in total. The van der Waals surface area contributed by atoms with Crippen LogP contribution in [-0.2, 0) is 0 Å². The van der Waals surface area contributed by atoms with E-state index in [1.165, 1.54) is 18.2 Å². The molecule has 5 heteroatoms. The summed E-state index contributed by atoms with van der Waals surface area (Å²) >= 11 is 0. The van der Waals surface area contributed by atoms with E-state index in [4.69, 9.17) is 4.74 Å². The average molecular weight is 337 g/mol. The van der Waals surface area contributed by atoms with Crippen molar-refractivity contribution in [3.8, 4) is 22.9 Å². The fourth-order valence-electron chi connectivity index (χ4n) is 2.06. The predicted molar refractivity (Wildman–Crippen MR) is 98.6 cm³/mol. The molecule has 0 saturated heterocycles. The Labute approximate surface area is 148 Å². The fraction of sp³-hybridized carbons (Fsp3) is 0.250. The van der Waals surface area contributed by atoms with Gasteiger partial charge in [0.25, 0.3) is 0 Å². The summed E-state index contributed by atoms with van der Waals surface area (Å²) in [5.41, 5.74) is 3.07. The van der Waals surface area contributed by atoms with Crippen LogP contribution in [0.2, 0.25) is 0 Å². The van der Waals surface area contributed by atoms with E-state index in [2.05, 4.69) is 28.8 Å². The summed E-state index contributed by atoms with van der Waals surface area (Å²) in [6, 6.07) is 13.4. The van der Waals surface area contributed by atoms with Gasteiger partial charge in [0.1, 0.15) is 24.2 Å². The van der Waals surface area contributed by atoms with Crippen molar-refractivity contribution >= 4 is 0 Å². The maximum absolute atomic E-state index is 9.32. The van der Waals surface area contributed by atoms with Crippen LogP contribution in [0.5, 0.6) is 11.5 Å². The third-order valence-corrected chi connectivity index (χ3v) is 3.52. The summed E-state index contributed by atoms with van der Waals surface area (Å²) < 4.78 is 5.41. The molecule has 0 saturated carbocycles. The van der Waals surface area contributed by atoms with Crippen molar-refractivity contribution in [3.05, 3.63) is 66.2 Å². The Morgan fingerprint density at radius 1 is 0.960 bits per heavy atom. The van der Waals surface area contributed by atoms with Crippen LogP contribution in [0.1, 0.15) is 24.5 Å². The molecule has 130 valence electrons. The normalized spacial score (nSPS) is 9.88.